The number of hydrogen-bond donors (Lipinski definition) is 1. The SMILES string of the molecule is C=C/C(=C\C=C/C)c1nc(N2CCN(C(=O)C(O)CCCC)CC2)c2ccc(CC)cc2n1. The van der Waals surface area contributed by atoms with E-state index in [1.165, 1.54) is 5.56 Å². The minimum absolute atomic E-state index is 0.160. The molecule has 1 unspecified atom stereocenters. The summed E-state index contributed by atoms with van der Waals surface area (Å²) in [6.07, 6.45) is 10.1. The first-order valence-electron chi connectivity index (χ1n) is 12.0. The van der Waals surface area contributed by atoms with Crippen molar-refractivity contribution in [2.75, 3.05) is 31.1 Å². The summed E-state index contributed by atoms with van der Waals surface area (Å²) in [6, 6.07) is 6.36. The van der Waals surface area contributed by atoms with Crippen LogP contribution in [-0.4, -0.2) is 58.2 Å². The Labute approximate surface area is 197 Å². The lowest BCUT2D eigenvalue weighted by Crippen LogP contribution is -2.51. The second kappa shape index (κ2) is 11.8. The third-order valence-electron chi connectivity index (χ3n) is 6.10. The van der Waals surface area contributed by atoms with Crippen LogP contribution in [0, 0.1) is 0 Å². The summed E-state index contributed by atoms with van der Waals surface area (Å²) >= 11 is 0. The Hall–Kier alpha value is -2.99. The number of nitrogens with zero attached hydrogens (tertiary/aromatic N) is 4. The topological polar surface area (TPSA) is 69.6 Å². The second-order valence-corrected chi connectivity index (χ2v) is 8.40. The first kappa shape index (κ1) is 24.6. The van der Waals surface area contributed by atoms with Gasteiger partial charge in [0.05, 0.1) is 5.52 Å². The molecule has 0 saturated carbocycles. The number of aromatic nitrogens is 2. The molecule has 6 nitrogen and oxygen atoms in total. The number of aliphatic hydroxyl groups excluding tert-OH is 1. The molecule has 2 heterocycles. The molecule has 1 N–H and O–H groups in total. The lowest BCUT2D eigenvalue weighted by molar-refractivity contribution is -0.140. The van der Waals surface area contributed by atoms with Crippen LogP contribution in [-0.2, 0) is 11.2 Å². The number of unbranched alkanes of at least 4 members (excludes halogenated alkanes) is 1. The van der Waals surface area contributed by atoms with Crippen molar-refractivity contribution in [3.63, 3.8) is 0 Å². The molecule has 176 valence electrons. The molecule has 1 aromatic carbocycles. The van der Waals surface area contributed by atoms with Gasteiger partial charge in [0, 0.05) is 37.1 Å². The van der Waals surface area contributed by atoms with E-state index < -0.39 is 6.10 Å². The number of aliphatic hydroxyl groups is 1. The van der Waals surface area contributed by atoms with E-state index in [1.807, 2.05) is 25.2 Å². The van der Waals surface area contributed by atoms with Crippen molar-refractivity contribution in [1.82, 2.24) is 14.9 Å². The maximum absolute atomic E-state index is 12.6. The van der Waals surface area contributed by atoms with Crippen molar-refractivity contribution in [1.29, 1.82) is 0 Å². The van der Waals surface area contributed by atoms with Crippen LogP contribution < -0.4 is 4.90 Å². The van der Waals surface area contributed by atoms with E-state index in [0.29, 0.717) is 38.4 Å². The van der Waals surface area contributed by atoms with Gasteiger partial charge >= 0.3 is 0 Å². The number of aryl methyl sites for hydroxylation is 1. The zero-order valence-corrected chi connectivity index (χ0v) is 20.1. The van der Waals surface area contributed by atoms with Gasteiger partial charge in [-0.25, -0.2) is 9.97 Å². The molecule has 3 rings (SSSR count). The first-order valence-corrected chi connectivity index (χ1v) is 12.0. The molecule has 1 aliphatic rings. The molecule has 1 saturated heterocycles. The van der Waals surface area contributed by atoms with Gasteiger partial charge in [0.25, 0.3) is 5.91 Å². The summed E-state index contributed by atoms with van der Waals surface area (Å²) in [4.78, 5) is 26.4. The van der Waals surface area contributed by atoms with E-state index in [-0.39, 0.29) is 5.91 Å². The summed E-state index contributed by atoms with van der Waals surface area (Å²) in [7, 11) is 0. The summed E-state index contributed by atoms with van der Waals surface area (Å²) in [5.41, 5.74) is 3.01. The Balaban J connectivity index is 1.90. The molecule has 1 fully saturated rings. The molecule has 1 amide bonds. The van der Waals surface area contributed by atoms with E-state index in [2.05, 4.69) is 43.5 Å². The Kier molecular flexibility index (Phi) is 8.78. The van der Waals surface area contributed by atoms with Crippen LogP contribution in [0.25, 0.3) is 16.5 Å². The largest absolute Gasteiger partial charge is 0.383 e. The van der Waals surface area contributed by atoms with Gasteiger partial charge in [0.1, 0.15) is 11.9 Å². The smallest absolute Gasteiger partial charge is 0.251 e. The highest BCUT2D eigenvalue weighted by molar-refractivity contribution is 5.92. The Morgan fingerprint density at radius 1 is 1.21 bits per heavy atom. The summed E-state index contributed by atoms with van der Waals surface area (Å²) < 4.78 is 0. The lowest BCUT2D eigenvalue weighted by Gasteiger charge is -2.36. The van der Waals surface area contributed by atoms with Gasteiger partial charge in [-0.1, -0.05) is 63.6 Å². The summed E-state index contributed by atoms with van der Waals surface area (Å²) in [5.74, 6) is 1.36. The molecule has 33 heavy (non-hydrogen) atoms. The number of amides is 1. The van der Waals surface area contributed by atoms with E-state index in [0.717, 1.165) is 41.6 Å². The molecule has 0 spiro atoms. The number of hydrogen-bond acceptors (Lipinski definition) is 5. The average Bonchev–Trinajstić information content (AvgIpc) is 2.86. The van der Waals surface area contributed by atoms with Gasteiger partial charge in [-0.05, 0) is 37.5 Å². The van der Waals surface area contributed by atoms with E-state index >= 15 is 0 Å². The molecule has 6 heteroatoms. The molecule has 1 aromatic heterocycles. The molecule has 1 aliphatic heterocycles. The van der Waals surface area contributed by atoms with Crippen molar-refractivity contribution >= 4 is 28.2 Å². The Bertz CT molecular complexity index is 1040. The second-order valence-electron chi connectivity index (χ2n) is 8.40. The highest BCUT2D eigenvalue weighted by atomic mass is 16.3. The number of anilines is 1. The molecule has 0 aliphatic carbocycles. The fraction of sp³-hybridized carbons (Fsp3) is 0.444. The van der Waals surface area contributed by atoms with Crippen molar-refractivity contribution in [2.24, 2.45) is 0 Å². The maximum Gasteiger partial charge on any atom is 0.251 e. The maximum atomic E-state index is 12.6. The van der Waals surface area contributed by atoms with E-state index in [1.54, 1.807) is 11.0 Å². The van der Waals surface area contributed by atoms with E-state index in [4.69, 9.17) is 9.97 Å². The molecule has 0 radical (unpaired) electrons. The minimum atomic E-state index is -0.901. The lowest BCUT2D eigenvalue weighted by atomic mass is 10.1. The Morgan fingerprint density at radius 2 is 1.97 bits per heavy atom. The van der Waals surface area contributed by atoms with Gasteiger partial charge in [-0.15, -0.1) is 0 Å². The normalized spacial score (nSPS) is 15.9. The van der Waals surface area contributed by atoms with Crippen LogP contribution in [0.4, 0.5) is 5.82 Å². The monoisotopic (exact) mass is 448 g/mol. The fourth-order valence-electron chi connectivity index (χ4n) is 4.05. The third-order valence-corrected chi connectivity index (χ3v) is 6.10. The zero-order chi connectivity index (χ0) is 23.8. The highest BCUT2D eigenvalue weighted by Crippen LogP contribution is 2.28. The summed E-state index contributed by atoms with van der Waals surface area (Å²) in [6.45, 7) is 12.6. The minimum Gasteiger partial charge on any atom is -0.383 e. The highest BCUT2D eigenvalue weighted by Gasteiger charge is 2.27. The van der Waals surface area contributed by atoms with Crippen LogP contribution in [0.1, 0.15) is 51.4 Å². The Morgan fingerprint density at radius 3 is 2.61 bits per heavy atom. The fourth-order valence-corrected chi connectivity index (χ4v) is 4.05. The van der Waals surface area contributed by atoms with Gasteiger partial charge < -0.3 is 14.9 Å². The standard InChI is InChI=1S/C27H36N4O2/c1-5-9-11-21(8-4)25-28-23-19-20(7-3)13-14-22(23)26(29-25)30-15-17-31(18-16-30)27(33)24(32)12-10-6-2/h5,8-9,11,13-14,19,24,32H,4,6-7,10,12,15-18H2,1-3H3/b9-5-,21-11+. The average molecular weight is 449 g/mol. The number of carbonyl (C=O) groups is 1. The molecule has 1 atom stereocenters. The number of rotatable bonds is 9. The number of fused-ring (bicyclic) bond motifs is 1. The molecular weight excluding hydrogens is 412 g/mol. The van der Waals surface area contributed by atoms with Crippen LogP contribution >= 0.6 is 0 Å². The van der Waals surface area contributed by atoms with Crippen molar-refractivity contribution in [3.05, 3.63) is 60.5 Å². The van der Waals surface area contributed by atoms with Crippen LogP contribution in [0.15, 0.2) is 49.1 Å². The number of carbonyl (C=O) groups excluding carboxylic acids is 1. The van der Waals surface area contributed by atoms with Crippen LogP contribution in [0.5, 0.6) is 0 Å². The van der Waals surface area contributed by atoms with Crippen molar-refractivity contribution in [3.8, 4) is 0 Å². The predicted molar refractivity (Wildman–Crippen MR) is 136 cm³/mol. The number of benzene rings is 1. The quantitative estimate of drug-likeness (QED) is 0.571. The van der Waals surface area contributed by atoms with Crippen molar-refractivity contribution in [2.45, 2.75) is 52.6 Å². The number of allylic oxidation sites excluding steroid dienone is 5. The van der Waals surface area contributed by atoms with Gasteiger partial charge in [0.15, 0.2) is 5.82 Å². The first-order chi connectivity index (χ1) is 16.0. The number of piperazine rings is 1. The van der Waals surface area contributed by atoms with Crippen molar-refractivity contribution < 1.29 is 9.90 Å². The zero-order valence-electron chi connectivity index (χ0n) is 20.1. The molecule has 2 aromatic rings. The summed E-state index contributed by atoms with van der Waals surface area (Å²) in [5, 5.41) is 11.2. The van der Waals surface area contributed by atoms with Crippen LogP contribution in [0.2, 0.25) is 0 Å². The van der Waals surface area contributed by atoms with Crippen LogP contribution in [0.3, 0.4) is 0 Å². The van der Waals surface area contributed by atoms with E-state index in [9.17, 15) is 9.90 Å². The third kappa shape index (κ3) is 5.88. The molecular formula is C27H36N4O2. The molecule has 0 bridgehead atoms. The predicted octanol–water partition coefficient (Wildman–Crippen LogP) is 4.54. The van der Waals surface area contributed by atoms with Gasteiger partial charge in [-0.3, -0.25) is 4.79 Å². The van der Waals surface area contributed by atoms with Gasteiger partial charge in [-0.2, -0.15) is 0 Å². The van der Waals surface area contributed by atoms with Gasteiger partial charge in [0.2, 0.25) is 0 Å².